The van der Waals surface area contributed by atoms with Gasteiger partial charge >= 0.3 is 0 Å². The van der Waals surface area contributed by atoms with Crippen LogP contribution in [0, 0.1) is 5.92 Å². The second-order valence-electron chi connectivity index (χ2n) is 5.45. The number of aromatic nitrogens is 1. The van der Waals surface area contributed by atoms with E-state index in [1.807, 2.05) is 18.3 Å². The van der Waals surface area contributed by atoms with E-state index in [1.165, 1.54) is 25.7 Å². The molecule has 0 aliphatic heterocycles. The first-order valence-corrected chi connectivity index (χ1v) is 7.02. The van der Waals surface area contributed by atoms with Gasteiger partial charge in [-0.1, -0.05) is 18.9 Å². The van der Waals surface area contributed by atoms with Crippen LogP contribution in [0.5, 0.6) is 0 Å². The Kier molecular flexibility index (Phi) is 5.14. The van der Waals surface area contributed by atoms with E-state index in [2.05, 4.69) is 23.0 Å². The van der Waals surface area contributed by atoms with Crippen molar-refractivity contribution in [3.05, 3.63) is 30.1 Å². The van der Waals surface area contributed by atoms with Crippen molar-refractivity contribution in [3.8, 4) is 0 Å². The van der Waals surface area contributed by atoms with E-state index in [0.717, 1.165) is 25.2 Å². The molecule has 1 saturated carbocycles. The summed E-state index contributed by atoms with van der Waals surface area (Å²) in [6.45, 7) is 1.75. The van der Waals surface area contributed by atoms with Gasteiger partial charge in [0.1, 0.15) is 0 Å². The molecule has 1 aromatic heterocycles. The zero-order chi connectivity index (χ0) is 12.8. The summed E-state index contributed by atoms with van der Waals surface area (Å²) in [5, 5.41) is 10.2. The first kappa shape index (κ1) is 13.5. The number of nitrogens with zero attached hydrogens (tertiary/aromatic N) is 2. The minimum Gasteiger partial charge on any atom is -0.392 e. The molecular formula is C15H24N2O. The maximum atomic E-state index is 10.2. The third-order valence-electron chi connectivity index (χ3n) is 3.92. The number of likely N-dealkylation sites (N-methyl/N-ethyl adjacent to an activating group) is 1. The van der Waals surface area contributed by atoms with Gasteiger partial charge in [0.2, 0.25) is 0 Å². The second kappa shape index (κ2) is 6.86. The van der Waals surface area contributed by atoms with Crippen molar-refractivity contribution in [2.45, 2.75) is 38.2 Å². The zero-order valence-corrected chi connectivity index (χ0v) is 11.3. The maximum Gasteiger partial charge on any atom is 0.0695 e. The fourth-order valence-electron chi connectivity index (χ4n) is 2.75. The van der Waals surface area contributed by atoms with Gasteiger partial charge in [-0.25, -0.2) is 0 Å². The van der Waals surface area contributed by atoms with Gasteiger partial charge < -0.3 is 10.0 Å². The molecule has 1 unspecified atom stereocenters. The van der Waals surface area contributed by atoms with Crippen LogP contribution in [0.3, 0.4) is 0 Å². The van der Waals surface area contributed by atoms with E-state index in [-0.39, 0.29) is 6.10 Å². The quantitative estimate of drug-likeness (QED) is 0.837. The van der Waals surface area contributed by atoms with E-state index >= 15 is 0 Å². The summed E-state index contributed by atoms with van der Waals surface area (Å²) >= 11 is 0. The van der Waals surface area contributed by atoms with Crippen molar-refractivity contribution >= 4 is 0 Å². The molecule has 2 rings (SSSR count). The van der Waals surface area contributed by atoms with Crippen LogP contribution in [-0.2, 0) is 6.42 Å². The summed E-state index contributed by atoms with van der Waals surface area (Å²) in [5.74, 6) is 0.530. The Bertz CT molecular complexity index is 336. The molecule has 1 aromatic rings. The van der Waals surface area contributed by atoms with Crippen LogP contribution in [-0.4, -0.2) is 41.2 Å². The number of hydrogen-bond acceptors (Lipinski definition) is 3. The van der Waals surface area contributed by atoms with Crippen molar-refractivity contribution in [1.82, 2.24) is 9.88 Å². The van der Waals surface area contributed by atoms with Gasteiger partial charge in [-0.15, -0.1) is 0 Å². The number of pyridine rings is 1. The molecule has 18 heavy (non-hydrogen) atoms. The highest BCUT2D eigenvalue weighted by molar-refractivity contribution is 5.03. The lowest BCUT2D eigenvalue weighted by molar-refractivity contribution is 0.0749. The third-order valence-corrected chi connectivity index (χ3v) is 3.92. The minimum absolute atomic E-state index is 0.152. The molecule has 1 aliphatic carbocycles. The van der Waals surface area contributed by atoms with Gasteiger partial charge in [-0.2, -0.15) is 0 Å². The van der Waals surface area contributed by atoms with E-state index in [1.54, 1.807) is 0 Å². The number of aliphatic hydroxyl groups excluding tert-OH is 1. The predicted molar refractivity (Wildman–Crippen MR) is 73.4 cm³/mol. The monoisotopic (exact) mass is 248 g/mol. The molecule has 100 valence electrons. The van der Waals surface area contributed by atoms with E-state index in [0.29, 0.717) is 5.92 Å². The van der Waals surface area contributed by atoms with Crippen molar-refractivity contribution in [2.75, 3.05) is 20.1 Å². The molecule has 0 saturated heterocycles. The molecule has 0 aromatic carbocycles. The Morgan fingerprint density at radius 1 is 1.39 bits per heavy atom. The molecule has 1 N–H and O–H groups in total. The fraction of sp³-hybridized carbons (Fsp3) is 0.667. The topological polar surface area (TPSA) is 36.4 Å². The van der Waals surface area contributed by atoms with E-state index in [4.69, 9.17) is 0 Å². The van der Waals surface area contributed by atoms with Gasteiger partial charge in [0.25, 0.3) is 0 Å². The molecule has 0 amide bonds. The van der Waals surface area contributed by atoms with Gasteiger partial charge in [0.05, 0.1) is 6.10 Å². The molecule has 3 nitrogen and oxygen atoms in total. The third kappa shape index (κ3) is 4.07. The lowest BCUT2D eigenvalue weighted by atomic mass is 10.0. The first-order chi connectivity index (χ1) is 8.75. The molecule has 1 heterocycles. The largest absolute Gasteiger partial charge is 0.392 e. The summed E-state index contributed by atoms with van der Waals surface area (Å²) in [5.41, 5.74) is 1.12. The summed E-state index contributed by atoms with van der Waals surface area (Å²) in [7, 11) is 2.08. The fourth-order valence-corrected chi connectivity index (χ4v) is 2.75. The smallest absolute Gasteiger partial charge is 0.0695 e. The van der Waals surface area contributed by atoms with Crippen molar-refractivity contribution in [1.29, 1.82) is 0 Å². The molecule has 1 atom stereocenters. The predicted octanol–water partition coefficient (Wildman–Crippen LogP) is 2.11. The minimum atomic E-state index is -0.152. The number of aliphatic hydroxyl groups is 1. The molecule has 1 aliphatic rings. The normalized spacial score (nSPS) is 18.4. The van der Waals surface area contributed by atoms with Crippen molar-refractivity contribution in [3.63, 3.8) is 0 Å². The van der Waals surface area contributed by atoms with Crippen LogP contribution in [0.15, 0.2) is 24.4 Å². The Hall–Kier alpha value is -0.930. The highest BCUT2D eigenvalue weighted by Crippen LogP contribution is 2.27. The SMILES string of the molecule is CN(CCc1ccccn1)CC(O)C1CCCC1. The second-order valence-corrected chi connectivity index (χ2v) is 5.45. The van der Waals surface area contributed by atoms with Crippen LogP contribution in [0.4, 0.5) is 0 Å². The maximum absolute atomic E-state index is 10.2. The number of rotatable bonds is 6. The summed E-state index contributed by atoms with van der Waals surface area (Å²) in [4.78, 5) is 6.54. The van der Waals surface area contributed by atoms with Gasteiger partial charge in [-0.05, 0) is 37.9 Å². The average molecular weight is 248 g/mol. The summed E-state index contributed by atoms with van der Waals surface area (Å²) in [6.07, 6.45) is 7.63. The molecule has 1 fully saturated rings. The Labute approximate surface area is 110 Å². The molecule has 0 spiro atoms. The summed E-state index contributed by atoms with van der Waals surface area (Å²) in [6, 6.07) is 6.02. The molecular weight excluding hydrogens is 224 g/mol. The zero-order valence-electron chi connectivity index (χ0n) is 11.3. The highest BCUT2D eigenvalue weighted by atomic mass is 16.3. The highest BCUT2D eigenvalue weighted by Gasteiger charge is 2.23. The van der Waals surface area contributed by atoms with E-state index in [9.17, 15) is 5.11 Å². The molecule has 3 heteroatoms. The van der Waals surface area contributed by atoms with Gasteiger partial charge in [0.15, 0.2) is 0 Å². The van der Waals surface area contributed by atoms with Crippen LogP contribution < -0.4 is 0 Å². The van der Waals surface area contributed by atoms with Crippen molar-refractivity contribution in [2.24, 2.45) is 5.92 Å². The standard InChI is InChI=1S/C15H24N2O/c1-17(11-9-14-8-4-5-10-16-14)12-15(18)13-6-2-3-7-13/h4-5,8,10,13,15,18H,2-3,6-7,9,11-12H2,1H3. The Morgan fingerprint density at radius 3 is 2.83 bits per heavy atom. The Balaban J connectivity index is 1.70. The summed E-state index contributed by atoms with van der Waals surface area (Å²) < 4.78 is 0. The Morgan fingerprint density at radius 2 is 2.17 bits per heavy atom. The van der Waals surface area contributed by atoms with Crippen LogP contribution in [0.2, 0.25) is 0 Å². The van der Waals surface area contributed by atoms with Crippen LogP contribution >= 0.6 is 0 Å². The van der Waals surface area contributed by atoms with Crippen molar-refractivity contribution < 1.29 is 5.11 Å². The van der Waals surface area contributed by atoms with Crippen LogP contribution in [0.25, 0.3) is 0 Å². The van der Waals surface area contributed by atoms with E-state index < -0.39 is 0 Å². The molecule has 0 bridgehead atoms. The molecule has 0 radical (unpaired) electrons. The average Bonchev–Trinajstić information content (AvgIpc) is 2.91. The first-order valence-electron chi connectivity index (χ1n) is 7.02. The van der Waals surface area contributed by atoms with Gasteiger partial charge in [-0.3, -0.25) is 4.98 Å². The lowest BCUT2D eigenvalue weighted by Gasteiger charge is -2.24. The van der Waals surface area contributed by atoms with Crippen LogP contribution in [0.1, 0.15) is 31.4 Å². The van der Waals surface area contributed by atoms with Gasteiger partial charge in [0, 0.05) is 31.4 Å². The lowest BCUT2D eigenvalue weighted by Crippen LogP contribution is -2.34. The number of hydrogen-bond donors (Lipinski definition) is 1.